The second kappa shape index (κ2) is 6.15. The van der Waals surface area contributed by atoms with Gasteiger partial charge in [-0.05, 0) is 12.3 Å². The van der Waals surface area contributed by atoms with Crippen molar-refractivity contribution in [3.63, 3.8) is 0 Å². The van der Waals surface area contributed by atoms with Crippen molar-refractivity contribution in [2.24, 2.45) is 23.7 Å². The molecule has 0 bridgehead atoms. The van der Waals surface area contributed by atoms with Crippen LogP contribution in [0.1, 0.15) is 25.8 Å². The number of hydrogen-bond acceptors (Lipinski definition) is 2. The molecule has 0 aliphatic heterocycles. The van der Waals surface area contributed by atoms with Gasteiger partial charge in [0.25, 0.3) is 0 Å². The summed E-state index contributed by atoms with van der Waals surface area (Å²) in [4.78, 5) is 4.23. The molecule has 0 saturated heterocycles. The van der Waals surface area contributed by atoms with Gasteiger partial charge in [0.15, 0.2) is 5.96 Å². The maximum absolute atomic E-state index is 5.73. The monoisotopic (exact) mass is 223 g/mol. The molecule has 0 aliphatic carbocycles. The molecule has 1 aromatic rings. The number of nitrogens with zero attached hydrogens (tertiary/aromatic N) is 3. The zero-order valence-electron chi connectivity index (χ0n) is 10.3. The fourth-order valence-electron chi connectivity index (χ4n) is 1.27. The summed E-state index contributed by atoms with van der Waals surface area (Å²) in [6, 6.07) is 0. The van der Waals surface area contributed by atoms with Crippen LogP contribution in [0.2, 0.25) is 0 Å². The molecule has 0 aromatic carbocycles. The molecule has 0 spiro atoms. The van der Waals surface area contributed by atoms with Gasteiger partial charge < -0.3 is 11.1 Å². The van der Waals surface area contributed by atoms with Crippen LogP contribution in [-0.2, 0) is 13.6 Å². The number of nitrogens with one attached hydrogen (secondary N) is 1. The van der Waals surface area contributed by atoms with Gasteiger partial charge in [0, 0.05) is 25.4 Å². The van der Waals surface area contributed by atoms with Crippen molar-refractivity contribution in [2.75, 3.05) is 6.54 Å². The van der Waals surface area contributed by atoms with Gasteiger partial charge in [0.05, 0.1) is 12.7 Å². The van der Waals surface area contributed by atoms with Crippen molar-refractivity contribution in [1.82, 2.24) is 15.1 Å². The SMILES string of the molecule is CC(C)CCNC(N)=NCc1cnn(C)c1. The van der Waals surface area contributed by atoms with E-state index in [0.29, 0.717) is 18.4 Å². The lowest BCUT2D eigenvalue weighted by atomic mass is 10.1. The Hall–Kier alpha value is -1.52. The smallest absolute Gasteiger partial charge is 0.188 e. The summed E-state index contributed by atoms with van der Waals surface area (Å²) in [6.45, 7) is 5.82. The number of rotatable bonds is 5. The zero-order chi connectivity index (χ0) is 12.0. The largest absolute Gasteiger partial charge is 0.370 e. The van der Waals surface area contributed by atoms with E-state index in [1.807, 2.05) is 13.2 Å². The van der Waals surface area contributed by atoms with E-state index in [-0.39, 0.29) is 0 Å². The first-order chi connectivity index (χ1) is 7.58. The summed E-state index contributed by atoms with van der Waals surface area (Å²) < 4.78 is 1.76. The van der Waals surface area contributed by atoms with Crippen LogP contribution in [-0.4, -0.2) is 22.3 Å². The van der Waals surface area contributed by atoms with Gasteiger partial charge >= 0.3 is 0 Å². The molecule has 16 heavy (non-hydrogen) atoms. The lowest BCUT2D eigenvalue weighted by molar-refractivity contribution is 0.576. The Kier molecular flexibility index (Phi) is 4.82. The summed E-state index contributed by atoms with van der Waals surface area (Å²) >= 11 is 0. The highest BCUT2D eigenvalue weighted by Gasteiger charge is 1.97. The molecule has 0 fully saturated rings. The number of nitrogens with two attached hydrogens (primary N) is 1. The standard InChI is InChI=1S/C11H21N5/c1-9(2)4-5-13-11(12)14-6-10-7-15-16(3)8-10/h7-9H,4-6H2,1-3H3,(H3,12,13,14). The average Bonchev–Trinajstić information content (AvgIpc) is 2.61. The molecule has 90 valence electrons. The van der Waals surface area contributed by atoms with E-state index in [0.717, 1.165) is 18.5 Å². The van der Waals surface area contributed by atoms with E-state index >= 15 is 0 Å². The molecule has 0 aliphatic rings. The van der Waals surface area contributed by atoms with Gasteiger partial charge in [0.1, 0.15) is 0 Å². The van der Waals surface area contributed by atoms with E-state index in [9.17, 15) is 0 Å². The fourth-order valence-corrected chi connectivity index (χ4v) is 1.27. The molecule has 1 heterocycles. The van der Waals surface area contributed by atoms with E-state index in [2.05, 4.69) is 29.3 Å². The molecule has 5 heteroatoms. The predicted octanol–water partition coefficient (Wildman–Crippen LogP) is 0.870. The third-order valence-corrected chi connectivity index (χ3v) is 2.22. The number of aromatic nitrogens is 2. The van der Waals surface area contributed by atoms with Crippen LogP contribution in [0.3, 0.4) is 0 Å². The molecule has 3 N–H and O–H groups in total. The highest BCUT2D eigenvalue weighted by atomic mass is 15.2. The van der Waals surface area contributed by atoms with Gasteiger partial charge in [-0.2, -0.15) is 5.10 Å². The molecule has 1 rings (SSSR count). The van der Waals surface area contributed by atoms with E-state index in [1.165, 1.54) is 0 Å². The van der Waals surface area contributed by atoms with Gasteiger partial charge in [-0.25, -0.2) is 4.99 Å². The molecule has 0 radical (unpaired) electrons. The molecule has 0 saturated carbocycles. The van der Waals surface area contributed by atoms with Crippen molar-refractivity contribution < 1.29 is 0 Å². The summed E-state index contributed by atoms with van der Waals surface area (Å²) in [5, 5.41) is 7.16. The first-order valence-electron chi connectivity index (χ1n) is 5.59. The third-order valence-electron chi connectivity index (χ3n) is 2.22. The van der Waals surface area contributed by atoms with Crippen LogP contribution in [0.4, 0.5) is 0 Å². The Morgan fingerprint density at radius 3 is 2.94 bits per heavy atom. The summed E-state index contributed by atoms with van der Waals surface area (Å²) in [5.74, 6) is 1.18. The molecule has 1 aromatic heterocycles. The van der Waals surface area contributed by atoms with E-state index in [4.69, 9.17) is 5.73 Å². The van der Waals surface area contributed by atoms with Gasteiger partial charge in [-0.1, -0.05) is 13.8 Å². The Balaban J connectivity index is 2.28. The van der Waals surface area contributed by atoms with Crippen LogP contribution in [0, 0.1) is 5.92 Å². The first-order valence-corrected chi connectivity index (χ1v) is 5.59. The molecule has 0 atom stereocenters. The highest BCUT2D eigenvalue weighted by molar-refractivity contribution is 5.77. The molecule has 0 amide bonds. The number of hydrogen-bond donors (Lipinski definition) is 2. The summed E-state index contributed by atoms with van der Waals surface area (Å²) in [6.07, 6.45) is 4.83. The Morgan fingerprint density at radius 1 is 1.62 bits per heavy atom. The Bertz CT molecular complexity index is 340. The summed E-state index contributed by atoms with van der Waals surface area (Å²) in [7, 11) is 1.89. The van der Waals surface area contributed by atoms with E-state index < -0.39 is 0 Å². The minimum atomic E-state index is 0.504. The Morgan fingerprint density at radius 2 is 2.38 bits per heavy atom. The van der Waals surface area contributed by atoms with Crippen LogP contribution in [0.25, 0.3) is 0 Å². The fraction of sp³-hybridized carbons (Fsp3) is 0.636. The summed E-state index contributed by atoms with van der Waals surface area (Å²) in [5.41, 5.74) is 6.79. The van der Waals surface area contributed by atoms with Crippen molar-refractivity contribution in [2.45, 2.75) is 26.8 Å². The van der Waals surface area contributed by atoms with Gasteiger partial charge in [-0.15, -0.1) is 0 Å². The van der Waals surface area contributed by atoms with Crippen molar-refractivity contribution >= 4 is 5.96 Å². The second-order valence-electron chi connectivity index (χ2n) is 4.33. The topological polar surface area (TPSA) is 68.2 Å². The van der Waals surface area contributed by atoms with Crippen LogP contribution >= 0.6 is 0 Å². The molecule has 5 nitrogen and oxygen atoms in total. The van der Waals surface area contributed by atoms with E-state index in [1.54, 1.807) is 10.9 Å². The maximum Gasteiger partial charge on any atom is 0.188 e. The van der Waals surface area contributed by atoms with Gasteiger partial charge in [-0.3, -0.25) is 4.68 Å². The zero-order valence-corrected chi connectivity index (χ0v) is 10.3. The first kappa shape index (κ1) is 12.5. The lowest BCUT2D eigenvalue weighted by Crippen LogP contribution is -2.32. The highest BCUT2D eigenvalue weighted by Crippen LogP contribution is 1.98. The number of aryl methyl sites for hydroxylation is 1. The van der Waals surface area contributed by atoms with Crippen LogP contribution in [0.15, 0.2) is 17.4 Å². The van der Waals surface area contributed by atoms with Crippen molar-refractivity contribution in [3.05, 3.63) is 18.0 Å². The third kappa shape index (κ3) is 4.82. The minimum absolute atomic E-state index is 0.504. The number of guanidine groups is 1. The van der Waals surface area contributed by atoms with Crippen molar-refractivity contribution in [1.29, 1.82) is 0 Å². The second-order valence-corrected chi connectivity index (χ2v) is 4.33. The predicted molar refractivity (Wildman–Crippen MR) is 66.0 cm³/mol. The average molecular weight is 223 g/mol. The van der Waals surface area contributed by atoms with Crippen molar-refractivity contribution in [3.8, 4) is 0 Å². The van der Waals surface area contributed by atoms with Crippen LogP contribution < -0.4 is 11.1 Å². The Labute approximate surface area is 96.7 Å². The minimum Gasteiger partial charge on any atom is -0.370 e. The lowest BCUT2D eigenvalue weighted by Gasteiger charge is -2.06. The van der Waals surface area contributed by atoms with Crippen LogP contribution in [0.5, 0.6) is 0 Å². The molecule has 0 unspecified atom stereocenters. The quantitative estimate of drug-likeness (QED) is 0.575. The maximum atomic E-state index is 5.73. The van der Waals surface area contributed by atoms with Gasteiger partial charge in [0.2, 0.25) is 0 Å². The molecular weight excluding hydrogens is 202 g/mol. The molecular formula is C11H21N5. The number of aliphatic imine (C=N–C) groups is 1. The normalized spacial score (nSPS) is 12.1.